The third-order valence-corrected chi connectivity index (χ3v) is 3.95. The number of hydrogen-bond donors (Lipinski definition) is 1. The number of aryl methyl sites for hydroxylation is 1. The average molecular weight is 277 g/mol. The molecule has 110 valence electrons. The minimum Gasteiger partial charge on any atom is -0.490 e. The van der Waals surface area contributed by atoms with E-state index in [1.165, 1.54) is 7.11 Å². The summed E-state index contributed by atoms with van der Waals surface area (Å²) in [6.45, 7) is 4.77. The van der Waals surface area contributed by atoms with Crippen LogP contribution >= 0.6 is 0 Å². The number of nitrogens with one attached hydrogen (secondary N) is 1. The fourth-order valence-corrected chi connectivity index (χ4v) is 2.92. The molecule has 1 aliphatic carbocycles. The lowest BCUT2D eigenvalue weighted by atomic mass is 9.97. The minimum atomic E-state index is -0.586. The number of benzene rings is 1. The summed E-state index contributed by atoms with van der Waals surface area (Å²) in [4.78, 5) is 12.1. The van der Waals surface area contributed by atoms with Gasteiger partial charge in [-0.05, 0) is 37.9 Å². The van der Waals surface area contributed by atoms with Gasteiger partial charge in [0.1, 0.15) is 17.4 Å². The van der Waals surface area contributed by atoms with Gasteiger partial charge in [0, 0.05) is 6.42 Å². The largest absolute Gasteiger partial charge is 0.490 e. The molecule has 1 aliphatic rings. The zero-order valence-electron chi connectivity index (χ0n) is 12.4. The van der Waals surface area contributed by atoms with Crippen LogP contribution in [0.5, 0.6) is 5.75 Å². The number of ether oxygens (including phenoxy) is 2. The second kappa shape index (κ2) is 6.27. The highest BCUT2D eigenvalue weighted by atomic mass is 16.5. The first kappa shape index (κ1) is 14.9. The molecule has 4 nitrogen and oxygen atoms in total. The molecule has 1 saturated carbocycles. The summed E-state index contributed by atoms with van der Waals surface area (Å²) in [5.41, 5.74) is 0.531. The van der Waals surface area contributed by atoms with Gasteiger partial charge < -0.3 is 14.8 Å². The maximum absolute atomic E-state index is 12.1. The number of rotatable bonds is 5. The summed E-state index contributed by atoms with van der Waals surface area (Å²) in [6, 6.07) is 7.96. The predicted octanol–water partition coefficient (Wildman–Crippen LogP) is 2.45. The topological polar surface area (TPSA) is 47.6 Å². The number of esters is 1. The first-order chi connectivity index (χ1) is 9.61. The Kier molecular flexibility index (Phi) is 4.65. The second-order valence-electron chi connectivity index (χ2n) is 5.35. The van der Waals surface area contributed by atoms with Gasteiger partial charge in [-0.15, -0.1) is 0 Å². The monoisotopic (exact) mass is 277 g/mol. The van der Waals surface area contributed by atoms with Gasteiger partial charge in [-0.3, -0.25) is 4.79 Å². The Morgan fingerprint density at radius 3 is 2.85 bits per heavy atom. The van der Waals surface area contributed by atoms with Gasteiger partial charge in [-0.1, -0.05) is 25.1 Å². The molecule has 0 bridgehead atoms. The van der Waals surface area contributed by atoms with Gasteiger partial charge in [-0.2, -0.15) is 0 Å². The van der Waals surface area contributed by atoms with Gasteiger partial charge in [0.15, 0.2) is 0 Å². The van der Waals surface area contributed by atoms with Gasteiger partial charge >= 0.3 is 5.97 Å². The molecule has 0 spiro atoms. The van der Waals surface area contributed by atoms with Gasteiger partial charge in [0.25, 0.3) is 0 Å². The standard InChI is InChI=1S/C16H23NO3/c1-4-17-16(15(18)19-3)10-9-13(11-16)20-14-8-6-5-7-12(14)2/h5-8,13,17H,4,9-11H2,1-3H3. The van der Waals surface area contributed by atoms with Crippen LogP contribution in [-0.4, -0.2) is 31.3 Å². The Morgan fingerprint density at radius 2 is 2.20 bits per heavy atom. The van der Waals surface area contributed by atoms with Crippen molar-refractivity contribution in [3.8, 4) is 5.75 Å². The molecule has 0 heterocycles. The highest BCUT2D eigenvalue weighted by Crippen LogP contribution is 2.34. The molecule has 1 aromatic rings. The van der Waals surface area contributed by atoms with Crippen LogP contribution in [0.1, 0.15) is 31.7 Å². The van der Waals surface area contributed by atoms with E-state index >= 15 is 0 Å². The summed E-state index contributed by atoms with van der Waals surface area (Å²) in [6.07, 6.45) is 2.32. The van der Waals surface area contributed by atoms with Crippen molar-refractivity contribution in [2.24, 2.45) is 0 Å². The van der Waals surface area contributed by atoms with E-state index in [0.29, 0.717) is 6.42 Å². The van der Waals surface area contributed by atoms with Crippen molar-refractivity contribution in [3.05, 3.63) is 29.8 Å². The molecular weight excluding hydrogens is 254 g/mol. The van der Waals surface area contributed by atoms with Crippen molar-refractivity contribution < 1.29 is 14.3 Å². The van der Waals surface area contributed by atoms with Crippen LogP contribution in [-0.2, 0) is 9.53 Å². The van der Waals surface area contributed by atoms with E-state index in [9.17, 15) is 4.79 Å². The van der Waals surface area contributed by atoms with E-state index in [4.69, 9.17) is 9.47 Å². The van der Waals surface area contributed by atoms with Crippen LogP contribution in [0.25, 0.3) is 0 Å². The molecule has 2 unspecified atom stereocenters. The maximum Gasteiger partial charge on any atom is 0.326 e. The summed E-state index contributed by atoms with van der Waals surface area (Å²) in [7, 11) is 1.44. The van der Waals surface area contributed by atoms with Crippen LogP contribution in [0.2, 0.25) is 0 Å². The molecule has 1 fully saturated rings. The molecule has 2 rings (SSSR count). The Morgan fingerprint density at radius 1 is 1.45 bits per heavy atom. The van der Waals surface area contributed by atoms with Crippen molar-refractivity contribution >= 4 is 5.97 Å². The van der Waals surface area contributed by atoms with Crippen molar-refractivity contribution in [2.45, 2.75) is 44.8 Å². The van der Waals surface area contributed by atoms with Crippen molar-refractivity contribution in [1.29, 1.82) is 0 Å². The third kappa shape index (κ3) is 2.96. The molecule has 0 radical (unpaired) electrons. The van der Waals surface area contributed by atoms with Crippen LogP contribution in [0.3, 0.4) is 0 Å². The predicted molar refractivity (Wildman–Crippen MR) is 77.9 cm³/mol. The van der Waals surface area contributed by atoms with Gasteiger partial charge in [-0.25, -0.2) is 0 Å². The lowest BCUT2D eigenvalue weighted by Gasteiger charge is -2.27. The van der Waals surface area contributed by atoms with Crippen molar-refractivity contribution in [1.82, 2.24) is 5.32 Å². The first-order valence-electron chi connectivity index (χ1n) is 7.17. The highest BCUT2D eigenvalue weighted by molar-refractivity contribution is 5.81. The molecule has 0 aromatic heterocycles. The number of carbonyl (C=O) groups is 1. The molecule has 20 heavy (non-hydrogen) atoms. The molecular formula is C16H23NO3. The fourth-order valence-electron chi connectivity index (χ4n) is 2.92. The van der Waals surface area contributed by atoms with Crippen LogP contribution in [0.4, 0.5) is 0 Å². The molecule has 1 aromatic carbocycles. The van der Waals surface area contributed by atoms with Gasteiger partial charge in [0.2, 0.25) is 0 Å². The molecule has 4 heteroatoms. The number of hydrogen-bond acceptors (Lipinski definition) is 4. The first-order valence-corrected chi connectivity index (χ1v) is 7.17. The highest BCUT2D eigenvalue weighted by Gasteiger charge is 2.46. The molecule has 0 aliphatic heterocycles. The molecule has 2 atom stereocenters. The van der Waals surface area contributed by atoms with Crippen LogP contribution in [0, 0.1) is 6.92 Å². The van der Waals surface area contributed by atoms with Gasteiger partial charge in [0.05, 0.1) is 7.11 Å². The molecule has 0 amide bonds. The van der Waals surface area contributed by atoms with E-state index < -0.39 is 5.54 Å². The summed E-state index contributed by atoms with van der Waals surface area (Å²) >= 11 is 0. The summed E-state index contributed by atoms with van der Waals surface area (Å²) in [5, 5.41) is 3.28. The van der Waals surface area contributed by atoms with Crippen LogP contribution < -0.4 is 10.1 Å². The fraction of sp³-hybridized carbons (Fsp3) is 0.562. The van der Waals surface area contributed by atoms with E-state index in [0.717, 1.165) is 30.7 Å². The van der Waals surface area contributed by atoms with Crippen molar-refractivity contribution in [3.63, 3.8) is 0 Å². The van der Waals surface area contributed by atoms with E-state index in [-0.39, 0.29) is 12.1 Å². The lowest BCUT2D eigenvalue weighted by molar-refractivity contribution is -0.148. The van der Waals surface area contributed by atoms with E-state index in [1.54, 1.807) is 0 Å². The number of likely N-dealkylation sites (N-methyl/N-ethyl adjacent to an activating group) is 1. The zero-order valence-corrected chi connectivity index (χ0v) is 12.4. The third-order valence-electron chi connectivity index (χ3n) is 3.95. The number of para-hydroxylation sites is 1. The molecule has 0 saturated heterocycles. The normalized spacial score (nSPS) is 25.4. The minimum absolute atomic E-state index is 0.0502. The lowest BCUT2D eigenvalue weighted by Crippen LogP contribution is -2.51. The number of methoxy groups -OCH3 is 1. The Balaban J connectivity index is 2.07. The second-order valence-corrected chi connectivity index (χ2v) is 5.35. The quantitative estimate of drug-likeness (QED) is 0.840. The maximum atomic E-state index is 12.1. The smallest absolute Gasteiger partial charge is 0.326 e. The molecule has 1 N–H and O–H groups in total. The summed E-state index contributed by atoms with van der Waals surface area (Å²) in [5.74, 6) is 0.713. The summed E-state index contributed by atoms with van der Waals surface area (Å²) < 4.78 is 11.0. The Hall–Kier alpha value is -1.55. The Bertz CT molecular complexity index is 475. The van der Waals surface area contributed by atoms with E-state index in [1.807, 2.05) is 38.1 Å². The number of carbonyl (C=O) groups excluding carboxylic acids is 1. The Labute approximate surface area is 120 Å². The van der Waals surface area contributed by atoms with Crippen molar-refractivity contribution in [2.75, 3.05) is 13.7 Å². The average Bonchev–Trinajstić information content (AvgIpc) is 2.85. The SMILES string of the molecule is CCNC1(C(=O)OC)CCC(Oc2ccccc2C)C1. The van der Waals surface area contributed by atoms with Crippen LogP contribution in [0.15, 0.2) is 24.3 Å². The van der Waals surface area contributed by atoms with E-state index in [2.05, 4.69) is 5.32 Å². The zero-order chi connectivity index (χ0) is 14.6.